The molecule has 200 valence electrons. The Morgan fingerprint density at radius 3 is 2.26 bits per heavy atom. The molecule has 1 heterocycles. The molecule has 0 radical (unpaired) electrons. The zero-order chi connectivity index (χ0) is 27.1. The molecule has 4 N–H and O–H groups in total. The van der Waals surface area contributed by atoms with Crippen LogP contribution in [0.25, 0.3) is 11.0 Å². The van der Waals surface area contributed by atoms with Crippen molar-refractivity contribution in [2.45, 2.75) is 39.7 Å². The van der Waals surface area contributed by atoms with Crippen LogP contribution in [0, 0.1) is 5.41 Å². The average molecular weight is 519 g/mol. The standard InChI is InChI=1S/C28H34N6O4/c1-28(2,3)17-25(35)29-18-9-8-10-19(13-18)33-38-34-27-26(31-23-11-6-7-12-24(23)32-27)30-20-14-21(36-4)16-22(15-20)37-5/h6-8,10-16,18,33H,9,17H2,1-5H3,(H,29,35)(H,30,31)(H,32,34). The van der Waals surface area contributed by atoms with Crippen molar-refractivity contribution in [1.82, 2.24) is 20.8 Å². The number of fused-ring (bicyclic) bond motifs is 1. The Kier molecular flexibility index (Phi) is 8.32. The van der Waals surface area contributed by atoms with E-state index in [-0.39, 0.29) is 17.4 Å². The highest BCUT2D eigenvalue weighted by molar-refractivity contribution is 5.81. The summed E-state index contributed by atoms with van der Waals surface area (Å²) in [4.78, 5) is 27.3. The zero-order valence-electron chi connectivity index (χ0n) is 22.3. The molecule has 0 saturated carbocycles. The van der Waals surface area contributed by atoms with Gasteiger partial charge in [-0.2, -0.15) is 4.94 Å². The molecule has 0 fully saturated rings. The topological polar surface area (TPSA) is 119 Å². The molecule has 0 bridgehead atoms. The van der Waals surface area contributed by atoms with Crippen molar-refractivity contribution < 1.29 is 19.2 Å². The number of carbonyl (C=O) groups excluding carboxylic acids is 1. The summed E-state index contributed by atoms with van der Waals surface area (Å²) in [6.45, 7) is 6.12. The smallest absolute Gasteiger partial charge is 0.220 e. The highest BCUT2D eigenvalue weighted by atomic mass is 16.8. The molecular formula is C28H34N6O4. The maximum absolute atomic E-state index is 12.3. The van der Waals surface area contributed by atoms with Crippen LogP contribution >= 0.6 is 0 Å². The van der Waals surface area contributed by atoms with E-state index in [1.807, 2.05) is 75.4 Å². The van der Waals surface area contributed by atoms with Crippen molar-refractivity contribution in [3.05, 3.63) is 66.4 Å². The van der Waals surface area contributed by atoms with Crippen LogP contribution < -0.4 is 31.1 Å². The van der Waals surface area contributed by atoms with Crippen molar-refractivity contribution >= 4 is 34.3 Å². The predicted octanol–water partition coefficient (Wildman–Crippen LogP) is 5.00. The lowest BCUT2D eigenvalue weighted by atomic mass is 9.91. The maximum atomic E-state index is 12.3. The first-order valence-electron chi connectivity index (χ1n) is 12.3. The van der Waals surface area contributed by atoms with Gasteiger partial charge in [0.2, 0.25) is 5.91 Å². The predicted molar refractivity (Wildman–Crippen MR) is 148 cm³/mol. The number of amides is 1. The van der Waals surface area contributed by atoms with Crippen molar-refractivity contribution in [3.63, 3.8) is 0 Å². The van der Waals surface area contributed by atoms with Crippen LogP contribution in [0.15, 0.2) is 66.4 Å². The lowest BCUT2D eigenvalue weighted by Gasteiger charge is -2.22. The number of aromatic nitrogens is 2. The summed E-state index contributed by atoms with van der Waals surface area (Å²) >= 11 is 0. The quantitative estimate of drug-likeness (QED) is 0.275. The van der Waals surface area contributed by atoms with Gasteiger partial charge < -0.3 is 20.1 Å². The normalized spacial score (nSPS) is 15.0. The molecule has 0 aliphatic heterocycles. The molecule has 4 rings (SSSR count). The third kappa shape index (κ3) is 7.36. The molecule has 1 aliphatic carbocycles. The van der Waals surface area contributed by atoms with Crippen molar-refractivity contribution in [3.8, 4) is 11.5 Å². The maximum Gasteiger partial charge on any atom is 0.220 e. The fourth-order valence-corrected chi connectivity index (χ4v) is 3.90. The van der Waals surface area contributed by atoms with Gasteiger partial charge in [-0.15, -0.1) is 0 Å². The Bertz CT molecular complexity index is 1330. The number of hydrogen-bond acceptors (Lipinski definition) is 9. The summed E-state index contributed by atoms with van der Waals surface area (Å²) in [5, 5.41) is 6.32. The number of ether oxygens (including phenoxy) is 2. The lowest BCUT2D eigenvalue weighted by Crippen LogP contribution is -2.37. The van der Waals surface area contributed by atoms with E-state index in [2.05, 4.69) is 26.6 Å². The molecule has 1 aromatic heterocycles. The number of carbonyl (C=O) groups is 1. The lowest BCUT2D eigenvalue weighted by molar-refractivity contribution is -0.123. The van der Waals surface area contributed by atoms with E-state index >= 15 is 0 Å². The van der Waals surface area contributed by atoms with E-state index in [1.54, 1.807) is 20.3 Å². The minimum atomic E-state index is -0.123. The largest absolute Gasteiger partial charge is 0.497 e. The Morgan fingerprint density at radius 2 is 1.63 bits per heavy atom. The highest BCUT2D eigenvalue weighted by Crippen LogP contribution is 2.30. The number of hydroxylamine groups is 1. The summed E-state index contributed by atoms with van der Waals surface area (Å²) in [5.41, 5.74) is 8.46. The molecule has 10 heteroatoms. The zero-order valence-corrected chi connectivity index (χ0v) is 22.3. The van der Waals surface area contributed by atoms with Crippen LogP contribution in [0.5, 0.6) is 11.5 Å². The number of methoxy groups -OCH3 is 2. The Labute approximate surface area is 222 Å². The Hall–Kier alpha value is -4.31. The van der Waals surface area contributed by atoms with Gasteiger partial charge in [0.25, 0.3) is 0 Å². The number of rotatable bonds is 10. The average Bonchev–Trinajstić information content (AvgIpc) is 2.87. The second-order valence-electron chi connectivity index (χ2n) is 10.1. The van der Waals surface area contributed by atoms with E-state index in [4.69, 9.17) is 19.4 Å². The summed E-state index contributed by atoms with van der Waals surface area (Å²) in [7, 11) is 3.19. The van der Waals surface area contributed by atoms with Crippen molar-refractivity contribution in [1.29, 1.82) is 0 Å². The molecule has 0 spiro atoms. The van der Waals surface area contributed by atoms with Crippen LogP contribution in [0.4, 0.5) is 17.3 Å². The van der Waals surface area contributed by atoms with Gasteiger partial charge in [-0.1, -0.05) is 39.0 Å². The van der Waals surface area contributed by atoms with Gasteiger partial charge in [-0.3, -0.25) is 4.79 Å². The molecule has 1 amide bonds. The minimum Gasteiger partial charge on any atom is -0.497 e. The molecule has 10 nitrogen and oxygen atoms in total. The van der Waals surface area contributed by atoms with E-state index in [0.717, 1.165) is 5.52 Å². The SMILES string of the molecule is COc1cc(Nc2nc3ccccc3nc2NONC2=CC(NC(=O)CC(C)(C)C)CC=C2)cc(OC)c1. The van der Waals surface area contributed by atoms with Gasteiger partial charge in [0.05, 0.1) is 37.0 Å². The van der Waals surface area contributed by atoms with Crippen LogP contribution in [-0.2, 0) is 9.73 Å². The van der Waals surface area contributed by atoms with Crippen LogP contribution in [-0.4, -0.2) is 36.1 Å². The highest BCUT2D eigenvalue weighted by Gasteiger charge is 2.19. The number of nitrogens with one attached hydrogen (secondary N) is 4. The number of hydrogen-bond donors (Lipinski definition) is 4. The van der Waals surface area contributed by atoms with Gasteiger partial charge in [0.1, 0.15) is 11.5 Å². The van der Waals surface area contributed by atoms with Gasteiger partial charge >= 0.3 is 0 Å². The Morgan fingerprint density at radius 1 is 0.974 bits per heavy atom. The number of anilines is 3. The summed E-state index contributed by atoms with van der Waals surface area (Å²) in [5.74, 6) is 2.10. The van der Waals surface area contributed by atoms with Gasteiger partial charge in [-0.05, 0) is 36.1 Å². The number of allylic oxidation sites excluding steroid dienone is 1. The van der Waals surface area contributed by atoms with Crippen LogP contribution in [0.1, 0.15) is 33.6 Å². The van der Waals surface area contributed by atoms with Crippen LogP contribution in [0.3, 0.4) is 0 Å². The molecule has 1 unspecified atom stereocenters. The van der Waals surface area contributed by atoms with Gasteiger partial charge in [0, 0.05) is 30.3 Å². The van der Waals surface area contributed by atoms with Crippen LogP contribution in [0.2, 0.25) is 0 Å². The van der Waals surface area contributed by atoms with E-state index in [9.17, 15) is 4.79 Å². The molecule has 0 saturated heterocycles. The minimum absolute atomic E-state index is 0.0174. The van der Waals surface area contributed by atoms with Gasteiger partial charge in [-0.25, -0.2) is 20.9 Å². The molecule has 3 aromatic rings. The summed E-state index contributed by atoms with van der Waals surface area (Å²) < 4.78 is 10.8. The van der Waals surface area contributed by atoms with Crippen molar-refractivity contribution in [2.75, 3.05) is 25.0 Å². The second-order valence-corrected chi connectivity index (χ2v) is 10.1. The monoisotopic (exact) mass is 518 g/mol. The number of nitrogens with zero attached hydrogens (tertiary/aromatic N) is 2. The third-order valence-corrected chi connectivity index (χ3v) is 5.61. The summed E-state index contributed by atoms with van der Waals surface area (Å²) in [6, 6.07) is 12.9. The van der Waals surface area contributed by atoms with Crippen molar-refractivity contribution in [2.24, 2.45) is 5.41 Å². The first kappa shape index (κ1) is 26.7. The number of benzene rings is 2. The van der Waals surface area contributed by atoms with E-state index in [1.165, 1.54) is 0 Å². The molecule has 2 aromatic carbocycles. The van der Waals surface area contributed by atoms with E-state index < -0.39 is 0 Å². The third-order valence-electron chi connectivity index (χ3n) is 5.61. The molecule has 1 aliphatic rings. The second kappa shape index (κ2) is 11.8. The van der Waals surface area contributed by atoms with Gasteiger partial charge in [0.15, 0.2) is 11.6 Å². The first-order valence-corrected chi connectivity index (χ1v) is 12.3. The van der Waals surface area contributed by atoms with E-state index in [0.29, 0.717) is 52.9 Å². The molecule has 1 atom stereocenters. The number of para-hydroxylation sites is 2. The molecular weight excluding hydrogens is 484 g/mol. The fraction of sp³-hybridized carbons (Fsp3) is 0.321. The fourth-order valence-electron chi connectivity index (χ4n) is 3.90. The summed E-state index contributed by atoms with van der Waals surface area (Å²) in [6.07, 6.45) is 6.95. The first-order chi connectivity index (χ1) is 18.2. The molecule has 38 heavy (non-hydrogen) atoms. The Balaban J connectivity index is 1.48.